The number of rotatable bonds is 8. The predicted octanol–water partition coefficient (Wildman–Crippen LogP) is 0.0843. The van der Waals surface area contributed by atoms with Crippen LogP contribution < -0.4 is 29.1 Å². The molecular formula is C25H28O14. The fraction of sp³-hybridized carbons (Fsp3) is 0.400. The highest BCUT2D eigenvalue weighted by Gasteiger charge is 2.45. The molecule has 2 heterocycles. The van der Waals surface area contributed by atoms with Crippen molar-refractivity contribution in [2.45, 2.75) is 30.7 Å². The van der Waals surface area contributed by atoms with Gasteiger partial charge in [-0.1, -0.05) is 0 Å². The zero-order chi connectivity index (χ0) is 28.6. The number of fused-ring (bicyclic) bond motifs is 1. The second-order valence-corrected chi connectivity index (χ2v) is 8.47. The minimum Gasteiger partial charge on any atom is -0.504 e. The average molecular weight is 552 g/mol. The van der Waals surface area contributed by atoms with Crippen molar-refractivity contribution in [2.24, 2.45) is 0 Å². The zero-order valence-corrected chi connectivity index (χ0v) is 21.3. The Hall–Kier alpha value is -3.95. The number of benzene rings is 2. The van der Waals surface area contributed by atoms with Crippen molar-refractivity contribution in [3.05, 3.63) is 28.4 Å². The van der Waals surface area contributed by atoms with E-state index < -0.39 is 48.5 Å². The highest BCUT2D eigenvalue weighted by atomic mass is 16.7. The summed E-state index contributed by atoms with van der Waals surface area (Å²) in [5.41, 5.74) is -0.779. The van der Waals surface area contributed by atoms with Crippen molar-refractivity contribution in [1.29, 1.82) is 0 Å². The summed E-state index contributed by atoms with van der Waals surface area (Å²) in [7, 11) is 5.04. The summed E-state index contributed by atoms with van der Waals surface area (Å²) in [4.78, 5) is 13.4. The maximum Gasteiger partial charge on any atom is 0.239 e. The Morgan fingerprint density at radius 1 is 0.795 bits per heavy atom. The van der Waals surface area contributed by atoms with Crippen molar-refractivity contribution < 1.29 is 63.5 Å². The van der Waals surface area contributed by atoms with Gasteiger partial charge in [0.25, 0.3) is 0 Å². The summed E-state index contributed by atoms with van der Waals surface area (Å²) in [5, 5.41) is 60.9. The van der Waals surface area contributed by atoms with Gasteiger partial charge in [-0.3, -0.25) is 4.79 Å². The van der Waals surface area contributed by atoms with E-state index in [0.29, 0.717) is 0 Å². The Balaban J connectivity index is 1.91. The number of aromatic hydroxyl groups is 2. The number of aliphatic hydroxyl groups excluding tert-OH is 4. The fourth-order valence-corrected chi connectivity index (χ4v) is 4.25. The third-order valence-electron chi connectivity index (χ3n) is 6.28. The smallest absolute Gasteiger partial charge is 0.239 e. The first kappa shape index (κ1) is 28.1. The Labute approximate surface area is 220 Å². The molecule has 0 aliphatic carbocycles. The highest BCUT2D eigenvalue weighted by molar-refractivity contribution is 5.91. The van der Waals surface area contributed by atoms with Gasteiger partial charge in [0.15, 0.2) is 28.8 Å². The summed E-state index contributed by atoms with van der Waals surface area (Å²) < 4.78 is 37.9. The molecule has 1 aliphatic heterocycles. The number of phenols is 2. The largest absolute Gasteiger partial charge is 0.504 e. The minimum atomic E-state index is -1.76. The second-order valence-electron chi connectivity index (χ2n) is 8.47. The van der Waals surface area contributed by atoms with Gasteiger partial charge < -0.3 is 63.5 Å². The Bertz CT molecular complexity index is 1390. The molecule has 0 saturated carbocycles. The third kappa shape index (κ3) is 4.72. The van der Waals surface area contributed by atoms with E-state index in [1.807, 2.05) is 0 Å². The van der Waals surface area contributed by atoms with Crippen molar-refractivity contribution in [2.75, 3.05) is 35.0 Å². The molecule has 0 bridgehead atoms. The molecule has 14 nitrogen and oxygen atoms in total. The van der Waals surface area contributed by atoms with Crippen LogP contribution in [0.25, 0.3) is 22.3 Å². The molecule has 39 heavy (non-hydrogen) atoms. The van der Waals surface area contributed by atoms with Crippen LogP contribution in [-0.4, -0.2) is 96.4 Å². The molecular weight excluding hydrogens is 524 g/mol. The molecule has 1 aliphatic rings. The molecule has 5 atom stereocenters. The van der Waals surface area contributed by atoms with E-state index >= 15 is 0 Å². The lowest BCUT2D eigenvalue weighted by Gasteiger charge is -2.39. The van der Waals surface area contributed by atoms with Crippen LogP contribution in [0.2, 0.25) is 0 Å². The second kappa shape index (κ2) is 11.0. The predicted molar refractivity (Wildman–Crippen MR) is 132 cm³/mol. The Morgan fingerprint density at radius 3 is 1.95 bits per heavy atom. The van der Waals surface area contributed by atoms with Crippen LogP contribution in [0.5, 0.6) is 40.2 Å². The van der Waals surface area contributed by atoms with E-state index in [2.05, 4.69) is 0 Å². The fourth-order valence-electron chi connectivity index (χ4n) is 4.25. The van der Waals surface area contributed by atoms with Crippen LogP contribution in [0, 0.1) is 0 Å². The van der Waals surface area contributed by atoms with Gasteiger partial charge in [0, 0.05) is 11.6 Å². The van der Waals surface area contributed by atoms with Crippen molar-refractivity contribution >= 4 is 11.0 Å². The molecule has 1 fully saturated rings. The lowest BCUT2D eigenvalue weighted by atomic mass is 9.99. The normalized spacial score (nSPS) is 22.9. The van der Waals surface area contributed by atoms with Gasteiger partial charge in [-0.15, -0.1) is 0 Å². The van der Waals surface area contributed by atoms with Crippen LogP contribution in [0.4, 0.5) is 0 Å². The summed E-state index contributed by atoms with van der Waals surface area (Å²) in [6.07, 6.45) is -8.00. The first-order valence-electron chi connectivity index (χ1n) is 11.5. The van der Waals surface area contributed by atoms with Crippen LogP contribution >= 0.6 is 0 Å². The van der Waals surface area contributed by atoms with Crippen molar-refractivity contribution in [3.63, 3.8) is 0 Å². The SMILES string of the molecule is COc1cc(-c2oc3cc(O[C@@H]4O[C@H](CO)[C@@H](O)[C@H](O)[C@H]4O)c(OC)c(O)c3c(=O)c2OC)cc(OC)c1O. The van der Waals surface area contributed by atoms with E-state index in [4.69, 9.17) is 32.8 Å². The molecule has 212 valence electrons. The van der Waals surface area contributed by atoms with Gasteiger partial charge in [-0.2, -0.15) is 0 Å². The quantitative estimate of drug-likeness (QED) is 0.219. The van der Waals surface area contributed by atoms with Crippen LogP contribution in [0.1, 0.15) is 0 Å². The summed E-state index contributed by atoms with van der Waals surface area (Å²) in [6, 6.07) is 3.92. The lowest BCUT2D eigenvalue weighted by molar-refractivity contribution is -0.277. The molecule has 4 rings (SSSR count). The number of hydrogen-bond acceptors (Lipinski definition) is 14. The van der Waals surface area contributed by atoms with E-state index in [1.165, 1.54) is 46.6 Å². The van der Waals surface area contributed by atoms with Crippen LogP contribution in [0.3, 0.4) is 0 Å². The minimum absolute atomic E-state index is 0.0124. The summed E-state index contributed by atoms with van der Waals surface area (Å²) in [6.45, 7) is -0.692. The van der Waals surface area contributed by atoms with E-state index in [1.54, 1.807) is 0 Å². The molecule has 3 aromatic rings. The number of methoxy groups -OCH3 is 4. The van der Waals surface area contributed by atoms with Gasteiger partial charge in [-0.05, 0) is 12.1 Å². The molecule has 1 aromatic heterocycles. The Morgan fingerprint density at radius 2 is 1.41 bits per heavy atom. The molecule has 0 spiro atoms. The molecule has 0 unspecified atom stereocenters. The summed E-state index contributed by atoms with van der Waals surface area (Å²) >= 11 is 0. The van der Waals surface area contributed by atoms with Crippen molar-refractivity contribution in [1.82, 2.24) is 0 Å². The van der Waals surface area contributed by atoms with Crippen molar-refractivity contribution in [3.8, 4) is 51.6 Å². The monoisotopic (exact) mass is 552 g/mol. The number of phenolic OH excluding ortho intramolecular Hbond substituents is 2. The number of aliphatic hydroxyl groups is 4. The van der Waals surface area contributed by atoms with Crippen LogP contribution in [-0.2, 0) is 4.74 Å². The van der Waals surface area contributed by atoms with Crippen LogP contribution in [0.15, 0.2) is 27.4 Å². The maximum absolute atomic E-state index is 13.4. The van der Waals surface area contributed by atoms with Gasteiger partial charge in [-0.25, -0.2) is 0 Å². The third-order valence-corrected chi connectivity index (χ3v) is 6.28. The molecule has 0 amide bonds. The average Bonchev–Trinajstić information content (AvgIpc) is 2.93. The topological polar surface area (TPSA) is 207 Å². The summed E-state index contributed by atoms with van der Waals surface area (Å²) in [5.74, 6) is -1.97. The number of ether oxygens (including phenoxy) is 6. The van der Waals surface area contributed by atoms with Gasteiger partial charge in [0.2, 0.25) is 29.0 Å². The highest BCUT2D eigenvalue weighted by Crippen LogP contribution is 2.46. The van der Waals surface area contributed by atoms with Gasteiger partial charge in [0.1, 0.15) is 35.4 Å². The lowest BCUT2D eigenvalue weighted by Crippen LogP contribution is -2.60. The van der Waals surface area contributed by atoms with E-state index in [9.17, 15) is 35.4 Å². The molecule has 6 N–H and O–H groups in total. The molecule has 2 aromatic carbocycles. The first-order valence-corrected chi connectivity index (χ1v) is 11.5. The zero-order valence-electron chi connectivity index (χ0n) is 21.3. The molecule has 14 heteroatoms. The Kier molecular flexibility index (Phi) is 7.94. The molecule has 1 saturated heterocycles. The molecule has 0 radical (unpaired) electrons. The number of hydrogen-bond donors (Lipinski definition) is 6. The van der Waals surface area contributed by atoms with Gasteiger partial charge >= 0.3 is 0 Å². The first-order chi connectivity index (χ1) is 18.6. The standard InChI is InChI=1S/C25H28O14/c1-33-11-5-9(6-12(34-2)16(11)27)22-24(36-4)19(30)15-10(37-22)7-13(23(35-3)18(15)29)38-25-21(32)20(31)17(28)14(8-26)39-25/h5-7,14,17,20-21,25-29,31-32H,8H2,1-4H3/t14-,17-,20+,21-,25-/m1/s1. The van der Waals surface area contributed by atoms with E-state index in [0.717, 1.165) is 0 Å². The maximum atomic E-state index is 13.4. The van der Waals surface area contributed by atoms with E-state index in [-0.39, 0.29) is 56.8 Å². The van der Waals surface area contributed by atoms with Gasteiger partial charge in [0.05, 0.1) is 35.0 Å².